The maximum Gasteiger partial charge on any atom is 0.239 e. The summed E-state index contributed by atoms with van der Waals surface area (Å²) < 4.78 is 0. The Hall–Kier alpha value is -2.60. The number of rotatable bonds is 0. The zero-order valence-electron chi connectivity index (χ0n) is 15.0. The molecule has 1 aromatic carbocycles. The first-order valence-electron chi connectivity index (χ1n) is 9.26. The van der Waals surface area contributed by atoms with Gasteiger partial charge in [0.15, 0.2) is 0 Å². The maximum atomic E-state index is 12.6. The molecule has 2 aliphatic heterocycles. The molecule has 6 heteroatoms. The second-order valence-corrected chi connectivity index (χ2v) is 7.03. The van der Waals surface area contributed by atoms with Crippen LogP contribution >= 0.6 is 0 Å². The van der Waals surface area contributed by atoms with E-state index in [1.54, 1.807) is 0 Å². The van der Waals surface area contributed by atoms with Crippen molar-refractivity contribution in [1.29, 1.82) is 0 Å². The number of nitrogens with zero attached hydrogens (tertiary/aromatic N) is 2. The first-order valence-corrected chi connectivity index (χ1v) is 9.26. The fourth-order valence-electron chi connectivity index (χ4n) is 3.68. The second kappa shape index (κ2) is 7.33. The molecule has 1 saturated heterocycles. The van der Waals surface area contributed by atoms with Crippen molar-refractivity contribution in [2.75, 3.05) is 37.3 Å². The highest BCUT2D eigenvalue weighted by atomic mass is 16.2. The van der Waals surface area contributed by atoms with Crippen LogP contribution in [0.2, 0.25) is 0 Å². The minimum absolute atomic E-state index is 0.115. The second-order valence-electron chi connectivity index (χ2n) is 7.03. The number of benzene rings is 1. The normalized spacial score (nSPS) is 23.3. The van der Waals surface area contributed by atoms with E-state index in [1.165, 1.54) is 0 Å². The Kier molecular flexibility index (Phi) is 4.75. The number of hydrogen-bond donors (Lipinski definition) is 3. The minimum Gasteiger partial charge on any atom is -0.384 e. The average Bonchev–Trinajstić information content (AvgIpc) is 3.12. The van der Waals surface area contributed by atoms with E-state index in [1.807, 2.05) is 42.3 Å². The molecule has 1 aromatic heterocycles. The Labute approximate surface area is 154 Å². The fraction of sp³-hybridized carbons (Fsp3) is 0.400. The molecule has 4 rings (SSSR count). The predicted octanol–water partition coefficient (Wildman–Crippen LogP) is 2.17. The Morgan fingerprint density at radius 2 is 2.04 bits per heavy atom. The molecule has 2 unspecified atom stereocenters. The molecular weight excluding hydrogens is 326 g/mol. The number of hydrogen-bond acceptors (Lipinski definition) is 5. The van der Waals surface area contributed by atoms with Crippen LogP contribution in [0.5, 0.6) is 0 Å². The van der Waals surface area contributed by atoms with Crippen LogP contribution in [-0.2, 0) is 4.79 Å². The molecule has 3 N–H and O–H groups in total. The van der Waals surface area contributed by atoms with E-state index in [0.29, 0.717) is 0 Å². The lowest BCUT2D eigenvalue weighted by Crippen LogP contribution is -2.42. The number of anilines is 2. The van der Waals surface area contributed by atoms with Crippen LogP contribution in [0.3, 0.4) is 0 Å². The molecule has 1 fully saturated rings. The number of nitrogens with one attached hydrogen (secondary N) is 3. The highest BCUT2D eigenvalue weighted by Crippen LogP contribution is 2.27. The van der Waals surface area contributed by atoms with Gasteiger partial charge in [-0.05, 0) is 31.0 Å². The topological polar surface area (TPSA) is 69.3 Å². The predicted molar refractivity (Wildman–Crippen MR) is 104 cm³/mol. The summed E-state index contributed by atoms with van der Waals surface area (Å²) >= 11 is 0. The summed E-state index contributed by atoms with van der Waals surface area (Å²) in [6.45, 7) is 2.33. The molecule has 6 nitrogen and oxygen atoms in total. The molecule has 1 amide bonds. The summed E-state index contributed by atoms with van der Waals surface area (Å²) in [6, 6.07) is 14.4. The largest absolute Gasteiger partial charge is 0.384 e. The summed E-state index contributed by atoms with van der Waals surface area (Å²) in [5, 5.41) is 10.3. The standard InChI is InChI=1S/C20H25N5O/c1-25-11-5-10-21-16-7-3-2-6-15(16)17-8-4-9-19(24-17)23-14-12-18(20(25)26)22-13-14/h2-4,6-9,14,18,21-22H,5,10-13H2,1H3,(H,23,24). The van der Waals surface area contributed by atoms with E-state index in [4.69, 9.17) is 4.98 Å². The lowest BCUT2D eigenvalue weighted by molar-refractivity contribution is -0.131. The van der Waals surface area contributed by atoms with Crippen molar-refractivity contribution in [1.82, 2.24) is 15.2 Å². The van der Waals surface area contributed by atoms with E-state index < -0.39 is 0 Å². The molecule has 2 aromatic rings. The van der Waals surface area contributed by atoms with Crippen molar-refractivity contribution in [2.24, 2.45) is 0 Å². The molecular formula is C20H25N5O. The van der Waals surface area contributed by atoms with Crippen LogP contribution in [0.25, 0.3) is 11.3 Å². The number of carbonyl (C=O) groups excluding carboxylic acids is 1. The summed E-state index contributed by atoms with van der Waals surface area (Å²) in [5.41, 5.74) is 3.12. The SMILES string of the molecule is CN1CCCNc2ccccc2-c2cccc(n2)NC2CNC(C2)C1=O. The Morgan fingerprint density at radius 1 is 1.15 bits per heavy atom. The Balaban J connectivity index is 1.66. The van der Waals surface area contributed by atoms with Gasteiger partial charge in [0.25, 0.3) is 0 Å². The van der Waals surface area contributed by atoms with Crippen LogP contribution in [0.1, 0.15) is 12.8 Å². The molecule has 26 heavy (non-hydrogen) atoms. The Morgan fingerprint density at radius 3 is 2.96 bits per heavy atom. The zero-order chi connectivity index (χ0) is 17.9. The molecule has 2 atom stereocenters. The maximum absolute atomic E-state index is 12.6. The van der Waals surface area contributed by atoms with Gasteiger partial charge < -0.3 is 20.9 Å². The summed E-state index contributed by atoms with van der Waals surface area (Å²) in [6.07, 6.45) is 1.68. The van der Waals surface area contributed by atoms with Gasteiger partial charge in [-0.3, -0.25) is 4.79 Å². The van der Waals surface area contributed by atoms with Crippen LogP contribution < -0.4 is 16.0 Å². The quantitative estimate of drug-likeness (QED) is 0.679. The molecule has 0 aliphatic carbocycles. The van der Waals surface area contributed by atoms with E-state index in [9.17, 15) is 4.79 Å². The molecule has 136 valence electrons. The van der Waals surface area contributed by atoms with Gasteiger partial charge in [-0.25, -0.2) is 4.98 Å². The van der Waals surface area contributed by atoms with E-state index in [-0.39, 0.29) is 18.0 Å². The number of carbonyl (C=O) groups is 1. The summed E-state index contributed by atoms with van der Waals surface area (Å²) in [5.74, 6) is 1.02. The minimum atomic E-state index is -0.115. The first-order chi connectivity index (χ1) is 12.7. The number of likely N-dealkylation sites (N-methyl/N-ethyl adjacent to an activating group) is 1. The zero-order valence-corrected chi connectivity index (χ0v) is 15.0. The van der Waals surface area contributed by atoms with Gasteiger partial charge in [0, 0.05) is 44.0 Å². The third kappa shape index (κ3) is 3.51. The lowest BCUT2D eigenvalue weighted by atomic mass is 10.1. The lowest BCUT2D eigenvalue weighted by Gasteiger charge is -2.21. The van der Waals surface area contributed by atoms with Gasteiger partial charge >= 0.3 is 0 Å². The van der Waals surface area contributed by atoms with Crippen molar-refractivity contribution < 1.29 is 4.79 Å². The number of aromatic nitrogens is 1. The number of fused-ring (bicyclic) bond motifs is 6. The average molecular weight is 351 g/mol. The van der Waals surface area contributed by atoms with E-state index in [2.05, 4.69) is 28.1 Å². The van der Waals surface area contributed by atoms with Gasteiger partial charge in [0.2, 0.25) is 5.91 Å². The smallest absolute Gasteiger partial charge is 0.239 e. The highest BCUT2D eigenvalue weighted by Gasteiger charge is 2.31. The molecule has 4 bridgehead atoms. The number of amides is 1. The molecule has 2 aliphatic rings. The van der Waals surface area contributed by atoms with Gasteiger partial charge in [-0.2, -0.15) is 0 Å². The molecule has 0 radical (unpaired) electrons. The molecule has 3 heterocycles. The van der Waals surface area contributed by atoms with Gasteiger partial charge in [-0.15, -0.1) is 0 Å². The van der Waals surface area contributed by atoms with Gasteiger partial charge in [0.05, 0.1) is 11.7 Å². The van der Waals surface area contributed by atoms with E-state index >= 15 is 0 Å². The summed E-state index contributed by atoms with van der Waals surface area (Å²) in [7, 11) is 1.89. The molecule has 0 saturated carbocycles. The van der Waals surface area contributed by atoms with Crippen molar-refractivity contribution in [3.63, 3.8) is 0 Å². The number of pyridine rings is 1. The number of para-hydroxylation sites is 1. The molecule has 0 spiro atoms. The van der Waals surface area contributed by atoms with Crippen molar-refractivity contribution in [3.8, 4) is 11.3 Å². The third-order valence-corrected chi connectivity index (χ3v) is 5.10. The Bertz CT molecular complexity index is 793. The van der Waals surface area contributed by atoms with E-state index in [0.717, 1.165) is 55.2 Å². The first kappa shape index (κ1) is 16.8. The third-order valence-electron chi connectivity index (χ3n) is 5.10. The van der Waals surface area contributed by atoms with Crippen molar-refractivity contribution in [3.05, 3.63) is 42.5 Å². The highest BCUT2D eigenvalue weighted by molar-refractivity contribution is 5.82. The fourth-order valence-corrected chi connectivity index (χ4v) is 3.68. The van der Waals surface area contributed by atoms with Crippen LogP contribution in [0, 0.1) is 0 Å². The summed E-state index contributed by atoms with van der Waals surface area (Å²) in [4.78, 5) is 19.3. The van der Waals surface area contributed by atoms with Crippen molar-refractivity contribution >= 4 is 17.4 Å². The monoisotopic (exact) mass is 351 g/mol. The van der Waals surface area contributed by atoms with Crippen LogP contribution in [-0.4, -0.2) is 54.6 Å². The van der Waals surface area contributed by atoms with Gasteiger partial charge in [0.1, 0.15) is 5.82 Å². The van der Waals surface area contributed by atoms with Crippen LogP contribution in [0.15, 0.2) is 42.5 Å². The van der Waals surface area contributed by atoms with Crippen LogP contribution in [0.4, 0.5) is 11.5 Å². The van der Waals surface area contributed by atoms with Crippen molar-refractivity contribution in [2.45, 2.75) is 24.9 Å². The van der Waals surface area contributed by atoms with Gasteiger partial charge in [-0.1, -0.05) is 24.3 Å².